The smallest absolute Gasteiger partial charge is 0.253 e. The van der Waals surface area contributed by atoms with Gasteiger partial charge in [-0.2, -0.15) is 0 Å². The van der Waals surface area contributed by atoms with Gasteiger partial charge in [-0.3, -0.25) is 4.79 Å². The number of piperazine rings is 1. The first-order chi connectivity index (χ1) is 13.7. The SMILES string of the molecule is CN1CCN(c2ccccc2C(=O)NCc2cnc(-c3ccccc3)o2)CC1. The van der Waals surface area contributed by atoms with Crippen molar-refractivity contribution >= 4 is 11.6 Å². The van der Waals surface area contributed by atoms with Gasteiger partial charge in [-0.1, -0.05) is 30.3 Å². The molecule has 0 spiro atoms. The Kier molecular flexibility index (Phi) is 5.39. The van der Waals surface area contributed by atoms with Crippen molar-refractivity contribution in [1.82, 2.24) is 15.2 Å². The van der Waals surface area contributed by atoms with Crippen LogP contribution in [0.25, 0.3) is 11.5 Å². The van der Waals surface area contributed by atoms with Gasteiger partial charge >= 0.3 is 0 Å². The van der Waals surface area contributed by atoms with E-state index in [4.69, 9.17) is 4.42 Å². The molecule has 1 saturated heterocycles. The minimum Gasteiger partial charge on any atom is -0.439 e. The van der Waals surface area contributed by atoms with Crippen LogP contribution in [0.4, 0.5) is 5.69 Å². The molecule has 4 rings (SSSR count). The molecule has 0 unspecified atom stereocenters. The van der Waals surface area contributed by atoms with Crippen molar-refractivity contribution in [2.75, 3.05) is 38.1 Å². The lowest BCUT2D eigenvalue weighted by Gasteiger charge is -2.34. The van der Waals surface area contributed by atoms with E-state index in [1.165, 1.54) is 0 Å². The quantitative estimate of drug-likeness (QED) is 0.742. The van der Waals surface area contributed by atoms with Crippen LogP contribution in [0.1, 0.15) is 16.1 Å². The van der Waals surface area contributed by atoms with Crippen molar-refractivity contribution in [3.8, 4) is 11.5 Å². The van der Waals surface area contributed by atoms with Gasteiger partial charge in [0.1, 0.15) is 5.76 Å². The number of para-hydroxylation sites is 1. The second-order valence-electron chi connectivity index (χ2n) is 6.99. The summed E-state index contributed by atoms with van der Waals surface area (Å²) < 4.78 is 5.77. The van der Waals surface area contributed by atoms with Crippen molar-refractivity contribution in [3.63, 3.8) is 0 Å². The number of aromatic nitrogens is 1. The van der Waals surface area contributed by atoms with Crippen LogP contribution in [0.3, 0.4) is 0 Å². The minimum absolute atomic E-state index is 0.104. The number of carbonyl (C=O) groups excluding carboxylic acids is 1. The Hall–Kier alpha value is -3.12. The average Bonchev–Trinajstić information content (AvgIpc) is 3.22. The Labute approximate surface area is 164 Å². The normalized spacial score (nSPS) is 14.8. The topological polar surface area (TPSA) is 61.6 Å². The molecule has 0 aliphatic carbocycles. The summed E-state index contributed by atoms with van der Waals surface area (Å²) in [5.74, 6) is 1.08. The maximum atomic E-state index is 12.8. The molecule has 0 bridgehead atoms. The van der Waals surface area contributed by atoms with E-state index in [-0.39, 0.29) is 5.91 Å². The Morgan fingerprint density at radius 3 is 2.54 bits per heavy atom. The molecule has 0 saturated carbocycles. The first-order valence-electron chi connectivity index (χ1n) is 9.51. The number of nitrogens with one attached hydrogen (secondary N) is 1. The fraction of sp³-hybridized carbons (Fsp3) is 0.273. The van der Waals surface area contributed by atoms with Crippen LogP contribution in [0.2, 0.25) is 0 Å². The third kappa shape index (κ3) is 4.07. The van der Waals surface area contributed by atoms with E-state index in [0.29, 0.717) is 23.8 Å². The molecular formula is C22H24N4O2. The summed E-state index contributed by atoms with van der Waals surface area (Å²) in [6, 6.07) is 17.5. The number of nitrogens with zero attached hydrogens (tertiary/aromatic N) is 3. The van der Waals surface area contributed by atoms with Gasteiger partial charge < -0.3 is 19.5 Å². The van der Waals surface area contributed by atoms with Gasteiger partial charge in [0, 0.05) is 37.4 Å². The average molecular weight is 376 g/mol. The molecule has 1 amide bonds. The number of amides is 1. The number of hydrogen-bond donors (Lipinski definition) is 1. The Morgan fingerprint density at radius 2 is 1.75 bits per heavy atom. The summed E-state index contributed by atoms with van der Waals surface area (Å²) in [5.41, 5.74) is 2.59. The van der Waals surface area contributed by atoms with Gasteiger partial charge in [0.15, 0.2) is 0 Å². The van der Waals surface area contributed by atoms with Crippen molar-refractivity contribution in [3.05, 3.63) is 72.1 Å². The molecule has 28 heavy (non-hydrogen) atoms. The number of rotatable bonds is 5. The first kappa shape index (κ1) is 18.3. The predicted molar refractivity (Wildman–Crippen MR) is 109 cm³/mol. The predicted octanol–water partition coefficient (Wildman–Crippen LogP) is 3.02. The van der Waals surface area contributed by atoms with E-state index >= 15 is 0 Å². The fourth-order valence-corrected chi connectivity index (χ4v) is 3.35. The van der Waals surface area contributed by atoms with Crippen LogP contribution >= 0.6 is 0 Å². The van der Waals surface area contributed by atoms with E-state index in [9.17, 15) is 4.79 Å². The van der Waals surface area contributed by atoms with Crippen LogP contribution in [-0.4, -0.2) is 49.0 Å². The lowest BCUT2D eigenvalue weighted by atomic mass is 10.1. The molecule has 144 valence electrons. The van der Waals surface area contributed by atoms with Crippen LogP contribution in [0.5, 0.6) is 0 Å². The summed E-state index contributed by atoms with van der Waals surface area (Å²) in [6.45, 7) is 4.13. The summed E-state index contributed by atoms with van der Waals surface area (Å²) in [4.78, 5) is 21.7. The maximum absolute atomic E-state index is 12.8. The summed E-state index contributed by atoms with van der Waals surface area (Å²) >= 11 is 0. The van der Waals surface area contributed by atoms with Gasteiger partial charge in [-0.15, -0.1) is 0 Å². The Balaban J connectivity index is 1.43. The van der Waals surface area contributed by atoms with Crippen LogP contribution in [0.15, 0.2) is 65.2 Å². The first-order valence-corrected chi connectivity index (χ1v) is 9.51. The van der Waals surface area contributed by atoms with Gasteiger partial charge in [0.2, 0.25) is 5.89 Å². The Morgan fingerprint density at radius 1 is 1.04 bits per heavy atom. The van der Waals surface area contributed by atoms with Crippen molar-refractivity contribution in [1.29, 1.82) is 0 Å². The second kappa shape index (κ2) is 8.27. The fourth-order valence-electron chi connectivity index (χ4n) is 3.35. The monoisotopic (exact) mass is 376 g/mol. The zero-order chi connectivity index (χ0) is 19.3. The molecule has 3 aromatic rings. The van der Waals surface area contributed by atoms with E-state index < -0.39 is 0 Å². The second-order valence-corrected chi connectivity index (χ2v) is 6.99. The van der Waals surface area contributed by atoms with Crippen LogP contribution in [0, 0.1) is 0 Å². The largest absolute Gasteiger partial charge is 0.439 e. The molecule has 0 atom stereocenters. The molecule has 1 aliphatic heterocycles. The molecule has 2 aromatic carbocycles. The summed E-state index contributed by atoms with van der Waals surface area (Å²) in [5, 5.41) is 2.96. The lowest BCUT2D eigenvalue weighted by molar-refractivity contribution is 0.0948. The van der Waals surface area contributed by atoms with E-state index in [1.54, 1.807) is 6.20 Å². The number of oxazole rings is 1. The van der Waals surface area contributed by atoms with Gasteiger partial charge in [-0.05, 0) is 31.3 Å². The molecule has 1 aliphatic rings. The van der Waals surface area contributed by atoms with Gasteiger partial charge in [0.05, 0.1) is 18.3 Å². The number of carbonyl (C=O) groups is 1. The molecule has 6 nitrogen and oxygen atoms in total. The number of anilines is 1. The van der Waals surface area contributed by atoms with Gasteiger partial charge in [0.25, 0.3) is 5.91 Å². The standard InChI is InChI=1S/C22H24N4O2/c1-25-11-13-26(14-12-25)20-10-6-5-9-19(20)21(27)23-15-18-16-24-22(28-18)17-7-3-2-4-8-17/h2-10,16H,11-15H2,1H3,(H,23,27). The van der Waals surface area contributed by atoms with Crippen LogP contribution < -0.4 is 10.2 Å². The van der Waals surface area contributed by atoms with Crippen molar-refractivity contribution in [2.24, 2.45) is 0 Å². The molecule has 1 N–H and O–H groups in total. The maximum Gasteiger partial charge on any atom is 0.253 e. The van der Waals surface area contributed by atoms with E-state index in [0.717, 1.165) is 37.4 Å². The molecule has 0 radical (unpaired) electrons. The number of likely N-dealkylation sites (N-methyl/N-ethyl adjacent to an activating group) is 1. The lowest BCUT2D eigenvalue weighted by Crippen LogP contribution is -2.45. The highest BCUT2D eigenvalue weighted by Crippen LogP contribution is 2.22. The van der Waals surface area contributed by atoms with Crippen molar-refractivity contribution < 1.29 is 9.21 Å². The third-order valence-corrected chi connectivity index (χ3v) is 4.99. The summed E-state index contributed by atoms with van der Waals surface area (Å²) in [7, 11) is 2.12. The van der Waals surface area contributed by atoms with E-state index in [1.807, 2.05) is 54.6 Å². The number of benzene rings is 2. The molecule has 2 heterocycles. The summed E-state index contributed by atoms with van der Waals surface area (Å²) in [6.07, 6.45) is 1.66. The highest BCUT2D eigenvalue weighted by molar-refractivity contribution is 5.99. The van der Waals surface area contributed by atoms with E-state index in [2.05, 4.69) is 27.1 Å². The highest BCUT2D eigenvalue weighted by atomic mass is 16.4. The van der Waals surface area contributed by atoms with Gasteiger partial charge in [-0.25, -0.2) is 4.98 Å². The minimum atomic E-state index is -0.104. The third-order valence-electron chi connectivity index (χ3n) is 4.99. The van der Waals surface area contributed by atoms with Crippen molar-refractivity contribution in [2.45, 2.75) is 6.54 Å². The zero-order valence-electron chi connectivity index (χ0n) is 16.0. The molecular weight excluding hydrogens is 352 g/mol. The Bertz CT molecular complexity index is 930. The molecule has 1 aromatic heterocycles. The van der Waals surface area contributed by atoms with Crippen LogP contribution in [-0.2, 0) is 6.54 Å². The molecule has 1 fully saturated rings. The highest BCUT2D eigenvalue weighted by Gasteiger charge is 2.20. The number of hydrogen-bond acceptors (Lipinski definition) is 5. The molecule has 6 heteroatoms. The zero-order valence-corrected chi connectivity index (χ0v) is 16.0.